The van der Waals surface area contributed by atoms with Crippen molar-refractivity contribution in [1.29, 1.82) is 0 Å². The summed E-state index contributed by atoms with van der Waals surface area (Å²) in [6, 6.07) is 5.88. The van der Waals surface area contributed by atoms with Gasteiger partial charge in [0.15, 0.2) is 0 Å². The molecule has 0 bridgehead atoms. The first-order chi connectivity index (χ1) is 8.06. The molecule has 0 fully saturated rings. The first-order valence-electron chi connectivity index (χ1n) is 5.49. The lowest BCUT2D eigenvalue weighted by Crippen LogP contribution is -2.01. The van der Waals surface area contributed by atoms with Crippen molar-refractivity contribution in [2.75, 3.05) is 11.1 Å². The van der Waals surface area contributed by atoms with Gasteiger partial charge in [-0.3, -0.25) is 4.98 Å². The highest BCUT2D eigenvalue weighted by atomic mass is 15.0. The van der Waals surface area contributed by atoms with Gasteiger partial charge >= 0.3 is 0 Å². The van der Waals surface area contributed by atoms with Gasteiger partial charge in [-0.15, -0.1) is 0 Å². The summed E-state index contributed by atoms with van der Waals surface area (Å²) in [6.07, 6.45) is 1.65. The Kier molecular flexibility index (Phi) is 2.95. The Morgan fingerprint density at radius 3 is 2.59 bits per heavy atom. The molecule has 4 nitrogen and oxygen atoms in total. The number of aryl methyl sites for hydroxylation is 3. The fourth-order valence-corrected chi connectivity index (χ4v) is 1.67. The normalized spacial score (nSPS) is 10.3. The molecule has 2 aromatic heterocycles. The van der Waals surface area contributed by atoms with Gasteiger partial charge in [0.25, 0.3) is 0 Å². The summed E-state index contributed by atoms with van der Waals surface area (Å²) < 4.78 is 0. The zero-order valence-corrected chi connectivity index (χ0v) is 10.3. The Balaban J connectivity index is 2.31. The highest BCUT2D eigenvalue weighted by Crippen LogP contribution is 2.21. The number of pyridine rings is 2. The Morgan fingerprint density at radius 1 is 1.18 bits per heavy atom. The third-order valence-corrected chi connectivity index (χ3v) is 2.58. The van der Waals surface area contributed by atoms with Gasteiger partial charge in [0.05, 0.1) is 23.3 Å². The van der Waals surface area contributed by atoms with Crippen molar-refractivity contribution in [3.8, 4) is 0 Å². The quantitative estimate of drug-likeness (QED) is 0.829. The molecule has 0 aromatic carbocycles. The third kappa shape index (κ3) is 2.53. The Labute approximate surface area is 101 Å². The number of aromatic nitrogens is 2. The van der Waals surface area contributed by atoms with Crippen LogP contribution in [0.1, 0.15) is 17.0 Å². The molecule has 0 unspecified atom stereocenters. The van der Waals surface area contributed by atoms with E-state index in [2.05, 4.69) is 15.3 Å². The molecule has 0 aliphatic heterocycles. The van der Waals surface area contributed by atoms with Crippen molar-refractivity contribution in [3.05, 3.63) is 41.3 Å². The molecule has 0 saturated carbocycles. The fraction of sp³-hybridized carbons (Fsp3) is 0.231. The molecule has 2 heterocycles. The second-order valence-corrected chi connectivity index (χ2v) is 4.14. The van der Waals surface area contributed by atoms with E-state index < -0.39 is 0 Å². The van der Waals surface area contributed by atoms with Crippen LogP contribution in [0.3, 0.4) is 0 Å². The lowest BCUT2D eigenvalue weighted by Gasteiger charge is -2.11. The largest absolute Gasteiger partial charge is 0.397 e. The molecule has 2 aromatic rings. The molecule has 0 aliphatic rings. The van der Waals surface area contributed by atoms with Crippen LogP contribution < -0.4 is 11.1 Å². The summed E-state index contributed by atoms with van der Waals surface area (Å²) in [5.74, 6) is 0.813. The van der Waals surface area contributed by atoms with Crippen LogP contribution in [0.5, 0.6) is 0 Å². The molecule has 0 radical (unpaired) electrons. The topological polar surface area (TPSA) is 63.8 Å². The van der Waals surface area contributed by atoms with E-state index in [0.29, 0.717) is 5.69 Å². The SMILES string of the molecule is Cc1ccc(Nc2ncc(N)cc2C)c(C)n1. The van der Waals surface area contributed by atoms with Gasteiger partial charge in [0, 0.05) is 5.69 Å². The van der Waals surface area contributed by atoms with Crippen molar-refractivity contribution in [2.45, 2.75) is 20.8 Å². The summed E-state index contributed by atoms with van der Waals surface area (Å²) in [7, 11) is 0. The summed E-state index contributed by atoms with van der Waals surface area (Å²) in [5.41, 5.74) is 10.3. The van der Waals surface area contributed by atoms with Gasteiger partial charge in [-0.2, -0.15) is 0 Å². The van der Waals surface area contributed by atoms with Crippen molar-refractivity contribution in [2.24, 2.45) is 0 Å². The molecule has 2 rings (SSSR count). The molecule has 0 spiro atoms. The Bertz CT molecular complexity index is 500. The van der Waals surface area contributed by atoms with Gasteiger partial charge < -0.3 is 11.1 Å². The summed E-state index contributed by atoms with van der Waals surface area (Å²) >= 11 is 0. The highest BCUT2D eigenvalue weighted by molar-refractivity contribution is 5.62. The second kappa shape index (κ2) is 4.41. The monoisotopic (exact) mass is 228 g/mol. The van der Waals surface area contributed by atoms with E-state index in [0.717, 1.165) is 28.5 Å². The Morgan fingerprint density at radius 2 is 1.94 bits per heavy atom. The van der Waals surface area contributed by atoms with Gasteiger partial charge in [0.2, 0.25) is 0 Å². The van der Waals surface area contributed by atoms with E-state index in [4.69, 9.17) is 5.73 Å². The predicted octanol–water partition coefficient (Wildman–Crippen LogP) is 2.73. The highest BCUT2D eigenvalue weighted by Gasteiger charge is 2.04. The number of anilines is 3. The number of nitrogens with zero attached hydrogens (tertiary/aromatic N) is 2. The molecular weight excluding hydrogens is 212 g/mol. The average molecular weight is 228 g/mol. The number of rotatable bonds is 2. The fourth-order valence-electron chi connectivity index (χ4n) is 1.67. The molecular formula is C13H16N4. The van der Waals surface area contributed by atoms with E-state index in [1.165, 1.54) is 0 Å². The van der Waals surface area contributed by atoms with Crippen LogP contribution >= 0.6 is 0 Å². The average Bonchev–Trinajstić information content (AvgIpc) is 2.25. The van der Waals surface area contributed by atoms with Crippen LogP contribution in [0.25, 0.3) is 0 Å². The third-order valence-electron chi connectivity index (χ3n) is 2.58. The van der Waals surface area contributed by atoms with Crippen LogP contribution in [0.4, 0.5) is 17.2 Å². The van der Waals surface area contributed by atoms with Crippen molar-refractivity contribution in [1.82, 2.24) is 9.97 Å². The van der Waals surface area contributed by atoms with E-state index >= 15 is 0 Å². The van der Waals surface area contributed by atoms with Gasteiger partial charge in [-0.25, -0.2) is 4.98 Å². The van der Waals surface area contributed by atoms with Crippen LogP contribution in [-0.4, -0.2) is 9.97 Å². The molecule has 0 aliphatic carbocycles. The minimum absolute atomic E-state index is 0.673. The van der Waals surface area contributed by atoms with Crippen LogP contribution in [0, 0.1) is 20.8 Å². The van der Waals surface area contributed by atoms with Gasteiger partial charge in [-0.05, 0) is 44.5 Å². The zero-order valence-electron chi connectivity index (χ0n) is 10.3. The first kappa shape index (κ1) is 11.4. The molecule has 17 heavy (non-hydrogen) atoms. The second-order valence-electron chi connectivity index (χ2n) is 4.14. The minimum Gasteiger partial charge on any atom is -0.397 e. The molecule has 0 atom stereocenters. The van der Waals surface area contributed by atoms with Crippen LogP contribution in [-0.2, 0) is 0 Å². The number of nitrogens with one attached hydrogen (secondary N) is 1. The lowest BCUT2D eigenvalue weighted by atomic mass is 10.2. The molecule has 0 saturated heterocycles. The number of hydrogen-bond acceptors (Lipinski definition) is 4. The van der Waals surface area contributed by atoms with Crippen molar-refractivity contribution >= 4 is 17.2 Å². The zero-order chi connectivity index (χ0) is 12.4. The van der Waals surface area contributed by atoms with Crippen LogP contribution in [0.15, 0.2) is 24.4 Å². The minimum atomic E-state index is 0.673. The smallest absolute Gasteiger partial charge is 0.133 e. The maximum Gasteiger partial charge on any atom is 0.133 e. The number of nitrogen functional groups attached to an aromatic ring is 1. The molecule has 4 heteroatoms. The molecule has 3 N–H and O–H groups in total. The number of hydrogen-bond donors (Lipinski definition) is 2. The number of nitrogens with two attached hydrogens (primary N) is 1. The summed E-state index contributed by atoms with van der Waals surface area (Å²) in [4.78, 5) is 8.67. The van der Waals surface area contributed by atoms with E-state index in [1.807, 2.05) is 39.0 Å². The standard InChI is InChI=1S/C13H16N4/c1-8-6-11(14)7-15-13(8)17-12-5-4-9(2)16-10(12)3/h4-7H,14H2,1-3H3,(H,15,17). The Hall–Kier alpha value is -2.10. The maximum atomic E-state index is 5.67. The molecule has 88 valence electrons. The first-order valence-corrected chi connectivity index (χ1v) is 5.49. The maximum absolute atomic E-state index is 5.67. The van der Waals surface area contributed by atoms with Crippen molar-refractivity contribution in [3.63, 3.8) is 0 Å². The predicted molar refractivity (Wildman–Crippen MR) is 70.4 cm³/mol. The van der Waals surface area contributed by atoms with Gasteiger partial charge in [0.1, 0.15) is 5.82 Å². The van der Waals surface area contributed by atoms with Crippen LogP contribution in [0.2, 0.25) is 0 Å². The summed E-state index contributed by atoms with van der Waals surface area (Å²) in [6.45, 7) is 5.92. The van der Waals surface area contributed by atoms with E-state index in [-0.39, 0.29) is 0 Å². The lowest BCUT2D eigenvalue weighted by molar-refractivity contribution is 1.12. The van der Waals surface area contributed by atoms with E-state index in [1.54, 1.807) is 6.20 Å². The summed E-state index contributed by atoms with van der Waals surface area (Å²) in [5, 5.41) is 3.27. The van der Waals surface area contributed by atoms with Crippen molar-refractivity contribution < 1.29 is 0 Å². The van der Waals surface area contributed by atoms with E-state index in [9.17, 15) is 0 Å². The van der Waals surface area contributed by atoms with Gasteiger partial charge in [-0.1, -0.05) is 0 Å². The molecule has 0 amide bonds.